The Labute approximate surface area is 145 Å². The lowest BCUT2D eigenvalue weighted by atomic mass is 10.00. The molecule has 25 heavy (non-hydrogen) atoms. The van der Waals surface area contributed by atoms with Gasteiger partial charge in [-0.2, -0.15) is 5.10 Å². The summed E-state index contributed by atoms with van der Waals surface area (Å²) in [5.41, 5.74) is 3.60. The highest BCUT2D eigenvalue weighted by Crippen LogP contribution is 2.28. The first-order valence-electron chi connectivity index (χ1n) is 8.34. The molecule has 9 nitrogen and oxygen atoms in total. The molecule has 3 rings (SSSR count). The van der Waals surface area contributed by atoms with Crippen molar-refractivity contribution in [2.24, 2.45) is 0 Å². The zero-order chi connectivity index (χ0) is 18.4. The van der Waals surface area contributed by atoms with Crippen molar-refractivity contribution in [1.29, 1.82) is 0 Å². The Bertz CT molecular complexity index is 693. The molecule has 3 heterocycles. The summed E-state index contributed by atoms with van der Waals surface area (Å²) in [6.45, 7) is 7.66. The second-order valence-corrected chi connectivity index (χ2v) is 7.47. The standard InChI is InChI=1S/C16H24N4O5/c1-9-5-12-11(7-19(9)15(23)24-16(2,3)4)13-14(22)18-25-10(8-21)6-20(13)17-12/h9-10,21H,5-8H2,1-4H3,(H,18,22). The number of fused-ring (bicyclic) bond motifs is 3. The zero-order valence-corrected chi connectivity index (χ0v) is 14.9. The Morgan fingerprint density at radius 3 is 2.84 bits per heavy atom. The summed E-state index contributed by atoms with van der Waals surface area (Å²) in [5, 5.41) is 13.8. The largest absolute Gasteiger partial charge is 0.444 e. The highest BCUT2D eigenvalue weighted by molar-refractivity contribution is 5.94. The predicted octanol–water partition coefficient (Wildman–Crippen LogP) is 0.601. The van der Waals surface area contributed by atoms with Crippen LogP contribution in [-0.2, 0) is 29.1 Å². The van der Waals surface area contributed by atoms with Crippen molar-refractivity contribution < 1.29 is 24.3 Å². The van der Waals surface area contributed by atoms with Crippen LogP contribution in [0, 0.1) is 0 Å². The van der Waals surface area contributed by atoms with Crippen LogP contribution in [0.3, 0.4) is 0 Å². The predicted molar refractivity (Wildman–Crippen MR) is 86.6 cm³/mol. The van der Waals surface area contributed by atoms with Crippen LogP contribution >= 0.6 is 0 Å². The number of aliphatic hydroxyl groups excluding tert-OH is 1. The number of ether oxygens (including phenoxy) is 1. The van der Waals surface area contributed by atoms with Crippen molar-refractivity contribution in [2.75, 3.05) is 6.61 Å². The van der Waals surface area contributed by atoms with E-state index in [4.69, 9.17) is 9.57 Å². The maximum atomic E-state index is 12.5. The van der Waals surface area contributed by atoms with Gasteiger partial charge in [0.25, 0.3) is 5.91 Å². The second kappa shape index (κ2) is 6.30. The molecule has 0 bridgehead atoms. The normalized spacial score (nSPS) is 23.4. The molecule has 9 heteroatoms. The third-order valence-electron chi connectivity index (χ3n) is 4.22. The number of aliphatic hydroxyl groups is 1. The highest BCUT2D eigenvalue weighted by Gasteiger charge is 2.37. The molecule has 2 amide bonds. The topological polar surface area (TPSA) is 106 Å². The first-order chi connectivity index (χ1) is 11.7. The summed E-state index contributed by atoms with van der Waals surface area (Å²) >= 11 is 0. The molecular formula is C16H24N4O5. The van der Waals surface area contributed by atoms with E-state index in [1.165, 1.54) is 0 Å². The van der Waals surface area contributed by atoms with Gasteiger partial charge in [0.15, 0.2) is 0 Å². The van der Waals surface area contributed by atoms with Crippen LogP contribution in [0.5, 0.6) is 0 Å². The fourth-order valence-corrected chi connectivity index (χ4v) is 3.06. The van der Waals surface area contributed by atoms with E-state index in [0.29, 0.717) is 17.7 Å². The third kappa shape index (κ3) is 3.47. The Morgan fingerprint density at radius 1 is 1.48 bits per heavy atom. The van der Waals surface area contributed by atoms with E-state index in [1.54, 1.807) is 9.58 Å². The molecule has 2 N–H and O–H groups in total. The van der Waals surface area contributed by atoms with Crippen molar-refractivity contribution in [1.82, 2.24) is 20.2 Å². The molecule has 0 spiro atoms. The van der Waals surface area contributed by atoms with E-state index in [-0.39, 0.29) is 25.7 Å². The van der Waals surface area contributed by atoms with Crippen LogP contribution in [0.2, 0.25) is 0 Å². The Kier molecular flexibility index (Phi) is 4.46. The van der Waals surface area contributed by atoms with Crippen molar-refractivity contribution in [3.05, 3.63) is 17.0 Å². The van der Waals surface area contributed by atoms with Crippen LogP contribution in [0.15, 0.2) is 0 Å². The molecule has 2 unspecified atom stereocenters. The van der Waals surface area contributed by atoms with E-state index in [0.717, 1.165) is 5.69 Å². The van der Waals surface area contributed by atoms with E-state index in [9.17, 15) is 14.7 Å². The van der Waals surface area contributed by atoms with Gasteiger partial charge in [-0.3, -0.25) is 14.3 Å². The van der Waals surface area contributed by atoms with Gasteiger partial charge in [-0.05, 0) is 27.7 Å². The van der Waals surface area contributed by atoms with Crippen molar-refractivity contribution in [3.8, 4) is 0 Å². The Balaban J connectivity index is 1.91. The van der Waals surface area contributed by atoms with Gasteiger partial charge in [0.2, 0.25) is 0 Å². The summed E-state index contributed by atoms with van der Waals surface area (Å²) in [4.78, 5) is 31.6. The average molecular weight is 352 g/mol. The minimum absolute atomic E-state index is 0.0885. The van der Waals surface area contributed by atoms with Gasteiger partial charge in [-0.15, -0.1) is 0 Å². The van der Waals surface area contributed by atoms with Gasteiger partial charge in [0, 0.05) is 18.0 Å². The lowest BCUT2D eigenvalue weighted by Crippen LogP contribution is -2.45. The molecule has 2 aliphatic rings. The molecule has 0 saturated carbocycles. The lowest BCUT2D eigenvalue weighted by molar-refractivity contribution is -0.0419. The smallest absolute Gasteiger partial charge is 0.410 e. The molecule has 0 radical (unpaired) electrons. The molecule has 0 fully saturated rings. The molecule has 2 aliphatic heterocycles. The molecule has 0 saturated heterocycles. The minimum Gasteiger partial charge on any atom is -0.444 e. The fraction of sp³-hybridized carbons (Fsp3) is 0.688. The van der Waals surface area contributed by atoms with Gasteiger partial charge in [-0.1, -0.05) is 0 Å². The monoisotopic (exact) mass is 352 g/mol. The van der Waals surface area contributed by atoms with E-state index in [1.807, 2.05) is 27.7 Å². The maximum absolute atomic E-state index is 12.5. The first kappa shape index (κ1) is 17.7. The number of hydrogen-bond acceptors (Lipinski definition) is 6. The Morgan fingerprint density at radius 2 is 2.20 bits per heavy atom. The number of aromatic nitrogens is 2. The number of rotatable bonds is 1. The molecule has 1 aromatic rings. The third-order valence-corrected chi connectivity index (χ3v) is 4.22. The first-order valence-corrected chi connectivity index (χ1v) is 8.34. The SMILES string of the molecule is CC1Cc2nn3c(c2CN1C(=O)OC(C)(C)C)C(=O)NOC(CO)C3. The second-order valence-electron chi connectivity index (χ2n) is 7.47. The number of amides is 2. The van der Waals surface area contributed by atoms with Crippen molar-refractivity contribution in [2.45, 2.75) is 65.0 Å². The number of hydroxylamine groups is 1. The molecule has 138 valence electrons. The van der Waals surface area contributed by atoms with Crippen LogP contribution in [0.25, 0.3) is 0 Å². The van der Waals surface area contributed by atoms with Gasteiger partial charge in [0.1, 0.15) is 17.4 Å². The minimum atomic E-state index is -0.591. The average Bonchev–Trinajstić information content (AvgIpc) is 2.76. The zero-order valence-electron chi connectivity index (χ0n) is 14.9. The summed E-state index contributed by atoms with van der Waals surface area (Å²) in [7, 11) is 0. The van der Waals surface area contributed by atoms with E-state index < -0.39 is 23.7 Å². The molecule has 0 aliphatic carbocycles. The van der Waals surface area contributed by atoms with Gasteiger partial charge < -0.3 is 14.7 Å². The Hall–Kier alpha value is -2.13. The van der Waals surface area contributed by atoms with Crippen molar-refractivity contribution in [3.63, 3.8) is 0 Å². The van der Waals surface area contributed by atoms with E-state index in [2.05, 4.69) is 10.6 Å². The quantitative estimate of drug-likeness (QED) is 0.767. The molecule has 0 aromatic carbocycles. The molecular weight excluding hydrogens is 328 g/mol. The van der Waals surface area contributed by atoms with Crippen LogP contribution < -0.4 is 5.48 Å². The van der Waals surface area contributed by atoms with Crippen LogP contribution in [0.1, 0.15) is 49.4 Å². The maximum Gasteiger partial charge on any atom is 0.410 e. The van der Waals surface area contributed by atoms with Gasteiger partial charge in [0.05, 0.1) is 25.4 Å². The number of carbonyl (C=O) groups excluding carboxylic acids is 2. The number of hydrogen-bond donors (Lipinski definition) is 2. The number of carbonyl (C=O) groups is 2. The van der Waals surface area contributed by atoms with Crippen LogP contribution in [0.4, 0.5) is 4.79 Å². The lowest BCUT2D eigenvalue weighted by Gasteiger charge is -2.34. The van der Waals surface area contributed by atoms with Gasteiger partial charge >= 0.3 is 6.09 Å². The fourth-order valence-electron chi connectivity index (χ4n) is 3.06. The van der Waals surface area contributed by atoms with E-state index >= 15 is 0 Å². The highest BCUT2D eigenvalue weighted by atomic mass is 16.7. The molecule has 1 aromatic heterocycles. The summed E-state index contributed by atoms with van der Waals surface area (Å²) in [5.74, 6) is -0.427. The summed E-state index contributed by atoms with van der Waals surface area (Å²) in [6.07, 6.45) is -0.443. The van der Waals surface area contributed by atoms with Crippen LogP contribution in [-0.4, -0.2) is 56.1 Å². The summed E-state index contributed by atoms with van der Waals surface area (Å²) in [6, 6.07) is -0.0885. The van der Waals surface area contributed by atoms with Crippen molar-refractivity contribution >= 4 is 12.0 Å². The summed E-state index contributed by atoms with van der Waals surface area (Å²) < 4.78 is 7.03. The number of nitrogens with one attached hydrogen (secondary N) is 1. The molecule has 2 atom stereocenters. The van der Waals surface area contributed by atoms with Gasteiger partial charge in [-0.25, -0.2) is 10.3 Å². The number of nitrogens with zero attached hydrogens (tertiary/aromatic N) is 3.